The molecule has 1 aliphatic heterocycles. The van der Waals surface area contributed by atoms with Crippen LogP contribution in [0.1, 0.15) is 23.2 Å². The zero-order valence-electron chi connectivity index (χ0n) is 23.0. The van der Waals surface area contributed by atoms with E-state index in [0.29, 0.717) is 28.3 Å². The second-order valence-corrected chi connectivity index (χ2v) is 9.98. The highest BCUT2D eigenvalue weighted by atomic mass is 16.5. The Labute approximate surface area is 234 Å². The van der Waals surface area contributed by atoms with Crippen LogP contribution in [0.2, 0.25) is 0 Å². The van der Waals surface area contributed by atoms with Crippen molar-refractivity contribution in [1.82, 2.24) is 4.90 Å². The Morgan fingerprint density at radius 1 is 0.825 bits per heavy atom. The molecule has 1 aliphatic rings. The number of likely N-dealkylation sites (tertiary alicyclic amines) is 1. The second-order valence-electron chi connectivity index (χ2n) is 9.98. The van der Waals surface area contributed by atoms with Crippen LogP contribution in [0.5, 0.6) is 23.0 Å². The molecule has 1 saturated heterocycles. The summed E-state index contributed by atoms with van der Waals surface area (Å²) in [4.78, 5) is 15.4. The van der Waals surface area contributed by atoms with Crippen molar-refractivity contribution in [1.29, 1.82) is 0 Å². The first kappa shape index (κ1) is 27.1. The van der Waals surface area contributed by atoms with Crippen LogP contribution in [0.25, 0.3) is 22.3 Å². The largest absolute Gasteiger partial charge is 0.507 e. The number of nitrogens with one attached hydrogen (secondary N) is 1. The molecule has 0 bridgehead atoms. The molecule has 4 aromatic carbocycles. The fourth-order valence-electron chi connectivity index (χ4n) is 4.93. The first-order valence-electron chi connectivity index (χ1n) is 13.4. The Kier molecular flexibility index (Phi) is 8.22. The van der Waals surface area contributed by atoms with E-state index in [2.05, 4.69) is 17.3 Å². The summed E-state index contributed by atoms with van der Waals surface area (Å²) in [5.41, 5.74) is 4.14. The van der Waals surface area contributed by atoms with Crippen LogP contribution >= 0.6 is 0 Å². The predicted molar refractivity (Wildman–Crippen MR) is 158 cm³/mol. The maximum atomic E-state index is 13.1. The second kappa shape index (κ2) is 12.1. The molecule has 0 aromatic heterocycles. The quantitative estimate of drug-likeness (QED) is 0.268. The standard InChI is InChI=1S/C33H34N2O5/c1-35-17-15-27(16-18-35)40-26-11-7-22(8-12-26)29-13-10-25(21-31(29)36)34-33(37)24-9-14-32(39-3)30(20-24)23-5-4-6-28(19-23)38-2/h4-14,19-21,27,36H,15-18H2,1-3H3,(H,34,37). The first-order valence-corrected chi connectivity index (χ1v) is 13.4. The van der Waals surface area contributed by atoms with E-state index in [4.69, 9.17) is 14.2 Å². The van der Waals surface area contributed by atoms with E-state index in [9.17, 15) is 9.90 Å². The molecule has 1 fully saturated rings. The van der Waals surface area contributed by atoms with Crippen molar-refractivity contribution >= 4 is 11.6 Å². The summed E-state index contributed by atoms with van der Waals surface area (Å²) >= 11 is 0. The number of hydrogen-bond acceptors (Lipinski definition) is 6. The molecule has 0 spiro atoms. The van der Waals surface area contributed by atoms with Gasteiger partial charge in [-0.05, 0) is 85.6 Å². The van der Waals surface area contributed by atoms with E-state index in [1.807, 2.05) is 48.5 Å². The molecule has 7 heteroatoms. The van der Waals surface area contributed by atoms with E-state index < -0.39 is 0 Å². The third-order valence-corrected chi connectivity index (χ3v) is 7.23. The lowest BCUT2D eigenvalue weighted by Crippen LogP contribution is -2.35. The molecule has 206 valence electrons. The highest BCUT2D eigenvalue weighted by Crippen LogP contribution is 2.35. The minimum Gasteiger partial charge on any atom is -0.507 e. The number of aromatic hydroxyl groups is 1. The normalized spacial score (nSPS) is 14.0. The lowest BCUT2D eigenvalue weighted by Gasteiger charge is -2.29. The van der Waals surface area contributed by atoms with Crippen LogP contribution in [0.3, 0.4) is 0 Å². The SMILES string of the molecule is COc1cccc(-c2cc(C(=O)Nc3ccc(-c4ccc(OC5CCN(C)CC5)cc4)c(O)c3)ccc2OC)c1. The maximum absolute atomic E-state index is 13.1. The zero-order valence-corrected chi connectivity index (χ0v) is 23.0. The van der Waals surface area contributed by atoms with Gasteiger partial charge in [0.25, 0.3) is 5.91 Å². The number of amides is 1. The number of carbonyl (C=O) groups is 1. The van der Waals surface area contributed by atoms with Crippen molar-refractivity contribution in [3.8, 4) is 45.3 Å². The topological polar surface area (TPSA) is 80.3 Å². The molecule has 0 atom stereocenters. The van der Waals surface area contributed by atoms with Crippen molar-refractivity contribution in [3.63, 3.8) is 0 Å². The van der Waals surface area contributed by atoms with Gasteiger partial charge >= 0.3 is 0 Å². The molecule has 1 amide bonds. The molecule has 0 unspecified atom stereocenters. The summed E-state index contributed by atoms with van der Waals surface area (Å²) in [7, 11) is 5.34. The number of methoxy groups -OCH3 is 2. The fraction of sp³-hybridized carbons (Fsp3) is 0.242. The Hall–Kier alpha value is -4.49. The van der Waals surface area contributed by atoms with E-state index >= 15 is 0 Å². The van der Waals surface area contributed by atoms with Gasteiger partial charge in [-0.1, -0.05) is 24.3 Å². The van der Waals surface area contributed by atoms with E-state index in [0.717, 1.165) is 48.4 Å². The number of hydrogen-bond donors (Lipinski definition) is 2. The minimum absolute atomic E-state index is 0.0774. The van der Waals surface area contributed by atoms with Crippen molar-refractivity contribution < 1.29 is 24.1 Å². The average molecular weight is 539 g/mol. The molecular weight excluding hydrogens is 504 g/mol. The number of phenols is 1. The van der Waals surface area contributed by atoms with E-state index in [-0.39, 0.29) is 17.8 Å². The molecule has 0 aliphatic carbocycles. The molecular formula is C33H34N2O5. The Morgan fingerprint density at radius 3 is 2.30 bits per heavy atom. The fourth-order valence-corrected chi connectivity index (χ4v) is 4.93. The minimum atomic E-state index is -0.297. The molecule has 7 nitrogen and oxygen atoms in total. The number of carbonyl (C=O) groups excluding carboxylic acids is 1. The molecule has 0 radical (unpaired) electrons. The number of rotatable bonds is 8. The van der Waals surface area contributed by atoms with Crippen LogP contribution in [0, 0.1) is 0 Å². The lowest BCUT2D eigenvalue weighted by molar-refractivity contribution is 0.102. The number of nitrogens with zero attached hydrogens (tertiary/aromatic N) is 1. The number of benzene rings is 4. The molecule has 5 rings (SSSR count). The average Bonchev–Trinajstić information content (AvgIpc) is 2.98. The highest BCUT2D eigenvalue weighted by molar-refractivity contribution is 6.05. The van der Waals surface area contributed by atoms with Gasteiger partial charge in [-0.15, -0.1) is 0 Å². The third-order valence-electron chi connectivity index (χ3n) is 7.23. The van der Waals surface area contributed by atoms with Gasteiger partial charge in [-0.25, -0.2) is 0 Å². The zero-order chi connectivity index (χ0) is 28.1. The van der Waals surface area contributed by atoms with Crippen LogP contribution in [0.4, 0.5) is 5.69 Å². The van der Waals surface area contributed by atoms with Crippen LogP contribution < -0.4 is 19.5 Å². The molecule has 1 heterocycles. The van der Waals surface area contributed by atoms with Gasteiger partial charge in [-0.3, -0.25) is 4.79 Å². The molecule has 40 heavy (non-hydrogen) atoms. The van der Waals surface area contributed by atoms with Gasteiger partial charge < -0.3 is 29.5 Å². The third kappa shape index (κ3) is 6.21. The van der Waals surface area contributed by atoms with E-state index in [1.54, 1.807) is 50.6 Å². The van der Waals surface area contributed by atoms with Gasteiger partial charge in [0.2, 0.25) is 0 Å². The van der Waals surface area contributed by atoms with Crippen molar-refractivity contribution in [2.75, 3.05) is 39.7 Å². The monoisotopic (exact) mass is 538 g/mol. The summed E-state index contributed by atoms with van der Waals surface area (Å²) in [6.45, 7) is 2.09. The van der Waals surface area contributed by atoms with Gasteiger partial charge in [0.05, 0.1) is 14.2 Å². The lowest BCUT2D eigenvalue weighted by atomic mass is 10.0. The van der Waals surface area contributed by atoms with Crippen LogP contribution in [-0.4, -0.2) is 56.4 Å². The summed E-state index contributed by atoms with van der Waals surface area (Å²) < 4.78 is 17.0. The van der Waals surface area contributed by atoms with Crippen LogP contribution in [0.15, 0.2) is 84.9 Å². The molecule has 0 saturated carbocycles. The number of anilines is 1. The number of phenolic OH excluding ortho intramolecular Hbond substituents is 1. The summed E-state index contributed by atoms with van der Waals surface area (Å²) in [5, 5.41) is 13.7. The van der Waals surface area contributed by atoms with Gasteiger partial charge in [0, 0.05) is 41.5 Å². The Balaban J connectivity index is 1.28. The summed E-state index contributed by atoms with van der Waals surface area (Å²) in [6, 6.07) is 25.7. The highest BCUT2D eigenvalue weighted by Gasteiger charge is 2.18. The maximum Gasteiger partial charge on any atom is 0.255 e. The summed E-state index contributed by atoms with van der Waals surface area (Å²) in [6.07, 6.45) is 2.27. The first-order chi connectivity index (χ1) is 19.4. The Bertz CT molecular complexity index is 1480. The molecule has 2 N–H and O–H groups in total. The van der Waals surface area contributed by atoms with Crippen LogP contribution in [-0.2, 0) is 0 Å². The predicted octanol–water partition coefficient (Wildman–Crippen LogP) is 6.47. The molecule has 4 aromatic rings. The van der Waals surface area contributed by atoms with Crippen molar-refractivity contribution in [2.24, 2.45) is 0 Å². The smallest absolute Gasteiger partial charge is 0.255 e. The number of piperidine rings is 1. The van der Waals surface area contributed by atoms with Gasteiger partial charge in [-0.2, -0.15) is 0 Å². The van der Waals surface area contributed by atoms with E-state index in [1.165, 1.54) is 0 Å². The van der Waals surface area contributed by atoms with Gasteiger partial charge in [0.1, 0.15) is 29.1 Å². The Morgan fingerprint density at radius 2 is 1.60 bits per heavy atom. The van der Waals surface area contributed by atoms with Crippen molar-refractivity contribution in [2.45, 2.75) is 18.9 Å². The van der Waals surface area contributed by atoms with Crippen molar-refractivity contribution in [3.05, 3.63) is 90.5 Å². The number of ether oxygens (including phenoxy) is 3. The summed E-state index contributed by atoms with van der Waals surface area (Å²) in [5.74, 6) is 1.97. The van der Waals surface area contributed by atoms with Gasteiger partial charge in [0.15, 0.2) is 0 Å².